The predicted molar refractivity (Wildman–Crippen MR) is 90.6 cm³/mol. The van der Waals surface area contributed by atoms with E-state index in [0.29, 0.717) is 31.9 Å². The highest BCUT2D eigenvalue weighted by Crippen LogP contribution is 2.19. The van der Waals surface area contributed by atoms with Crippen LogP contribution >= 0.6 is 0 Å². The minimum atomic E-state index is -0.558. The van der Waals surface area contributed by atoms with Gasteiger partial charge in [-0.2, -0.15) is 0 Å². The maximum absolute atomic E-state index is 13.1. The fourth-order valence-corrected chi connectivity index (χ4v) is 3.37. The average molecular weight is 349 g/mol. The molecule has 2 saturated heterocycles. The summed E-state index contributed by atoms with van der Waals surface area (Å²) in [6.45, 7) is 3.82. The summed E-state index contributed by atoms with van der Waals surface area (Å²) < 4.78 is 18.4. The van der Waals surface area contributed by atoms with Gasteiger partial charge in [0, 0.05) is 18.7 Å². The molecule has 136 valence electrons. The van der Waals surface area contributed by atoms with E-state index in [1.54, 1.807) is 4.90 Å². The van der Waals surface area contributed by atoms with E-state index >= 15 is 0 Å². The third kappa shape index (κ3) is 4.55. The maximum atomic E-state index is 13.1. The summed E-state index contributed by atoms with van der Waals surface area (Å²) in [5.74, 6) is -0.687. The number of rotatable bonds is 4. The molecule has 6 nitrogen and oxygen atoms in total. The van der Waals surface area contributed by atoms with Crippen LogP contribution in [0.3, 0.4) is 0 Å². The molecule has 0 aliphatic carbocycles. The molecule has 0 radical (unpaired) electrons. The molecule has 7 heteroatoms. The Bertz CT molecular complexity index is 596. The second-order valence-corrected chi connectivity index (χ2v) is 6.48. The number of benzene rings is 1. The number of amides is 2. The molecule has 0 bridgehead atoms. The van der Waals surface area contributed by atoms with Crippen molar-refractivity contribution in [2.75, 3.05) is 39.4 Å². The second-order valence-electron chi connectivity index (χ2n) is 6.48. The first-order valence-corrected chi connectivity index (χ1v) is 8.79. The van der Waals surface area contributed by atoms with Gasteiger partial charge in [0.05, 0.1) is 13.2 Å². The Morgan fingerprint density at radius 2 is 1.80 bits per heavy atom. The minimum absolute atomic E-state index is 0.0503. The number of hydrogen-bond donors (Lipinski definition) is 2. The monoisotopic (exact) mass is 349 g/mol. The van der Waals surface area contributed by atoms with Crippen molar-refractivity contribution in [1.29, 1.82) is 0 Å². The van der Waals surface area contributed by atoms with Crippen molar-refractivity contribution in [3.8, 4) is 0 Å². The van der Waals surface area contributed by atoms with Gasteiger partial charge in [-0.15, -0.1) is 0 Å². The molecule has 0 spiro atoms. The number of morpholine rings is 1. The van der Waals surface area contributed by atoms with Crippen molar-refractivity contribution < 1.29 is 18.7 Å². The number of piperidine rings is 1. The van der Waals surface area contributed by atoms with Gasteiger partial charge >= 0.3 is 0 Å². The summed E-state index contributed by atoms with van der Waals surface area (Å²) in [4.78, 5) is 27.3. The number of halogens is 1. The van der Waals surface area contributed by atoms with Crippen LogP contribution in [0, 0.1) is 11.7 Å². The van der Waals surface area contributed by atoms with Crippen LogP contribution in [0.25, 0.3) is 0 Å². The van der Waals surface area contributed by atoms with E-state index in [-0.39, 0.29) is 17.7 Å². The Labute approximate surface area is 146 Å². The Hall–Kier alpha value is -1.99. The quantitative estimate of drug-likeness (QED) is 0.843. The third-order valence-electron chi connectivity index (χ3n) is 4.84. The topological polar surface area (TPSA) is 70.7 Å². The van der Waals surface area contributed by atoms with Crippen molar-refractivity contribution in [3.63, 3.8) is 0 Å². The van der Waals surface area contributed by atoms with Gasteiger partial charge in [0.2, 0.25) is 5.91 Å². The van der Waals surface area contributed by atoms with E-state index in [4.69, 9.17) is 4.74 Å². The van der Waals surface area contributed by atoms with Crippen LogP contribution in [0.15, 0.2) is 24.3 Å². The van der Waals surface area contributed by atoms with Crippen LogP contribution in [0.4, 0.5) is 4.39 Å². The first-order chi connectivity index (χ1) is 12.1. The van der Waals surface area contributed by atoms with E-state index in [2.05, 4.69) is 10.6 Å². The molecule has 2 amide bonds. The summed E-state index contributed by atoms with van der Waals surface area (Å²) in [6.07, 6.45) is 1.68. The highest BCUT2D eigenvalue weighted by molar-refractivity contribution is 5.97. The van der Waals surface area contributed by atoms with E-state index in [0.717, 1.165) is 25.9 Å². The molecular weight excluding hydrogens is 325 g/mol. The van der Waals surface area contributed by atoms with Crippen molar-refractivity contribution in [3.05, 3.63) is 35.6 Å². The molecule has 2 N–H and O–H groups in total. The summed E-state index contributed by atoms with van der Waals surface area (Å²) >= 11 is 0. The van der Waals surface area contributed by atoms with Gasteiger partial charge in [-0.1, -0.05) is 0 Å². The molecular formula is C18H24FN3O3. The van der Waals surface area contributed by atoms with Gasteiger partial charge in [0.25, 0.3) is 5.91 Å². The molecule has 1 atom stereocenters. The van der Waals surface area contributed by atoms with Crippen LogP contribution in [0.1, 0.15) is 23.2 Å². The van der Waals surface area contributed by atoms with Crippen LogP contribution in [0.2, 0.25) is 0 Å². The third-order valence-corrected chi connectivity index (χ3v) is 4.84. The SMILES string of the molecule is O=C(NC(C(=O)N1CCOCC1)C1CCNCC1)c1ccc(F)cc1. The number of nitrogens with zero attached hydrogens (tertiary/aromatic N) is 1. The van der Waals surface area contributed by atoms with Crippen molar-refractivity contribution >= 4 is 11.8 Å². The fraction of sp³-hybridized carbons (Fsp3) is 0.556. The lowest BCUT2D eigenvalue weighted by molar-refractivity contribution is -0.139. The number of carbonyl (C=O) groups excluding carboxylic acids is 2. The lowest BCUT2D eigenvalue weighted by Crippen LogP contribution is -2.56. The Morgan fingerprint density at radius 1 is 1.16 bits per heavy atom. The Balaban J connectivity index is 1.74. The first-order valence-electron chi connectivity index (χ1n) is 8.79. The summed E-state index contributed by atoms with van der Waals surface area (Å²) in [5, 5.41) is 6.18. The number of nitrogens with one attached hydrogen (secondary N) is 2. The first kappa shape index (κ1) is 17.8. The molecule has 0 aromatic heterocycles. The van der Waals surface area contributed by atoms with Crippen LogP contribution in [-0.2, 0) is 9.53 Å². The van der Waals surface area contributed by atoms with Gasteiger partial charge in [-0.05, 0) is 56.1 Å². The smallest absolute Gasteiger partial charge is 0.251 e. The van der Waals surface area contributed by atoms with Gasteiger partial charge in [-0.25, -0.2) is 4.39 Å². The van der Waals surface area contributed by atoms with Crippen LogP contribution in [-0.4, -0.2) is 62.1 Å². The summed E-state index contributed by atoms with van der Waals surface area (Å²) in [6, 6.07) is 4.81. The Morgan fingerprint density at radius 3 is 2.44 bits per heavy atom. The standard InChI is InChI=1S/C18H24FN3O3/c19-15-3-1-14(2-4-15)17(23)21-16(13-5-7-20-8-6-13)18(24)22-9-11-25-12-10-22/h1-4,13,16,20H,5-12H2,(H,21,23). The van der Waals surface area contributed by atoms with Gasteiger partial charge in [0.15, 0.2) is 0 Å². The van der Waals surface area contributed by atoms with Gasteiger partial charge in [-0.3, -0.25) is 9.59 Å². The second kappa shape index (κ2) is 8.40. The van der Waals surface area contributed by atoms with Crippen molar-refractivity contribution in [2.24, 2.45) is 5.92 Å². The summed E-state index contributed by atoms with van der Waals surface area (Å²) in [5.41, 5.74) is 0.357. The van der Waals surface area contributed by atoms with Crippen molar-refractivity contribution in [2.45, 2.75) is 18.9 Å². The molecule has 2 heterocycles. The number of hydrogen-bond acceptors (Lipinski definition) is 4. The highest BCUT2D eigenvalue weighted by atomic mass is 19.1. The van der Waals surface area contributed by atoms with Gasteiger partial charge in [0.1, 0.15) is 11.9 Å². The van der Waals surface area contributed by atoms with E-state index in [1.807, 2.05) is 0 Å². The molecule has 0 saturated carbocycles. The maximum Gasteiger partial charge on any atom is 0.251 e. The molecule has 1 unspecified atom stereocenters. The molecule has 2 fully saturated rings. The average Bonchev–Trinajstić information content (AvgIpc) is 2.67. The van der Waals surface area contributed by atoms with Crippen molar-refractivity contribution in [1.82, 2.24) is 15.5 Å². The zero-order valence-corrected chi connectivity index (χ0v) is 14.2. The highest BCUT2D eigenvalue weighted by Gasteiger charge is 2.34. The molecule has 1 aromatic carbocycles. The molecule has 2 aliphatic rings. The summed E-state index contributed by atoms with van der Waals surface area (Å²) in [7, 11) is 0. The largest absolute Gasteiger partial charge is 0.378 e. The number of ether oxygens (including phenoxy) is 1. The van der Waals surface area contributed by atoms with Crippen LogP contribution < -0.4 is 10.6 Å². The van der Waals surface area contributed by atoms with Crippen LogP contribution in [0.5, 0.6) is 0 Å². The normalized spacial score (nSPS) is 20.1. The molecule has 25 heavy (non-hydrogen) atoms. The Kier molecular flexibility index (Phi) is 5.99. The van der Waals surface area contributed by atoms with Gasteiger partial charge < -0.3 is 20.3 Å². The fourth-order valence-electron chi connectivity index (χ4n) is 3.37. The zero-order valence-electron chi connectivity index (χ0n) is 14.2. The van der Waals surface area contributed by atoms with E-state index in [1.165, 1.54) is 24.3 Å². The molecule has 3 rings (SSSR count). The van der Waals surface area contributed by atoms with E-state index < -0.39 is 11.9 Å². The van der Waals surface area contributed by atoms with E-state index in [9.17, 15) is 14.0 Å². The lowest BCUT2D eigenvalue weighted by atomic mass is 9.89. The lowest BCUT2D eigenvalue weighted by Gasteiger charge is -2.35. The minimum Gasteiger partial charge on any atom is -0.378 e. The zero-order chi connectivity index (χ0) is 17.6. The molecule has 2 aliphatic heterocycles. The predicted octanol–water partition coefficient (Wildman–Crippen LogP) is 0.783. The number of carbonyl (C=O) groups is 2. The molecule has 1 aromatic rings.